The molecule has 2 nitrogen and oxygen atoms in total. The van der Waals surface area contributed by atoms with Crippen LogP contribution in [0.5, 0.6) is 0 Å². The van der Waals surface area contributed by atoms with Gasteiger partial charge in [-0.05, 0) is 33.7 Å². The van der Waals surface area contributed by atoms with Crippen molar-refractivity contribution in [2.75, 3.05) is 13.2 Å². The number of hydrogen-bond acceptors (Lipinski definition) is 2. The summed E-state index contributed by atoms with van der Waals surface area (Å²) in [4.78, 5) is 2.39. The van der Waals surface area contributed by atoms with E-state index in [-0.39, 0.29) is 12.1 Å². The molecule has 0 radical (unpaired) electrons. The first-order valence-corrected chi connectivity index (χ1v) is 5.89. The second kappa shape index (κ2) is 6.41. The minimum absolute atomic E-state index is 0.0288. The van der Waals surface area contributed by atoms with Gasteiger partial charge in [0.05, 0.1) is 6.61 Å². The van der Waals surface area contributed by atoms with Crippen LogP contribution in [0.3, 0.4) is 0 Å². The Morgan fingerprint density at radius 3 is 2.14 bits per heavy atom. The maximum absolute atomic E-state index is 9.52. The smallest absolute Gasteiger partial charge is 0.0612 e. The Hall–Kier alpha value is -0.0800. The first-order chi connectivity index (χ1) is 6.51. The molecule has 0 aliphatic rings. The molecule has 0 aromatic heterocycles. The van der Waals surface area contributed by atoms with Crippen molar-refractivity contribution in [3.63, 3.8) is 0 Å². The standard InChI is InChI=1S/C12H27NO/c1-6-8-9-12(5,10-14)13(7-2)11(3)4/h11,14H,6-10H2,1-5H3. The number of rotatable bonds is 7. The summed E-state index contributed by atoms with van der Waals surface area (Å²) in [6.45, 7) is 12.2. The van der Waals surface area contributed by atoms with Gasteiger partial charge < -0.3 is 5.11 Å². The van der Waals surface area contributed by atoms with Gasteiger partial charge >= 0.3 is 0 Å². The molecule has 0 aliphatic heterocycles. The van der Waals surface area contributed by atoms with Crippen molar-refractivity contribution in [2.45, 2.75) is 65.5 Å². The largest absolute Gasteiger partial charge is 0.394 e. The van der Waals surface area contributed by atoms with Crippen LogP contribution in [0.15, 0.2) is 0 Å². The van der Waals surface area contributed by atoms with E-state index in [1.165, 1.54) is 12.8 Å². The van der Waals surface area contributed by atoms with Crippen LogP contribution in [0, 0.1) is 0 Å². The lowest BCUT2D eigenvalue weighted by atomic mass is 9.92. The Labute approximate surface area is 89.3 Å². The lowest BCUT2D eigenvalue weighted by molar-refractivity contribution is 0.0162. The summed E-state index contributed by atoms with van der Waals surface area (Å²) < 4.78 is 0. The normalized spacial score (nSPS) is 16.3. The molecule has 0 spiro atoms. The Balaban J connectivity index is 4.44. The minimum Gasteiger partial charge on any atom is -0.394 e. The van der Waals surface area contributed by atoms with Gasteiger partial charge in [-0.2, -0.15) is 0 Å². The second-order valence-corrected chi connectivity index (χ2v) is 4.64. The fraction of sp³-hybridized carbons (Fsp3) is 1.00. The molecule has 14 heavy (non-hydrogen) atoms. The molecule has 0 fully saturated rings. The molecule has 1 N–H and O–H groups in total. The predicted octanol–water partition coefficient (Wildman–Crippen LogP) is 2.66. The molecule has 2 heteroatoms. The van der Waals surface area contributed by atoms with Crippen LogP contribution in [0.4, 0.5) is 0 Å². The molecule has 0 aliphatic carbocycles. The lowest BCUT2D eigenvalue weighted by Crippen LogP contribution is -2.52. The van der Waals surface area contributed by atoms with E-state index in [9.17, 15) is 5.11 Å². The zero-order valence-electron chi connectivity index (χ0n) is 10.5. The third-order valence-electron chi connectivity index (χ3n) is 3.07. The summed E-state index contributed by atoms with van der Waals surface area (Å²) in [6.07, 6.45) is 3.48. The topological polar surface area (TPSA) is 23.5 Å². The van der Waals surface area contributed by atoms with Gasteiger partial charge in [0.15, 0.2) is 0 Å². The van der Waals surface area contributed by atoms with E-state index in [0.717, 1.165) is 13.0 Å². The van der Waals surface area contributed by atoms with Crippen LogP contribution in [0.1, 0.15) is 53.9 Å². The van der Waals surface area contributed by atoms with E-state index in [2.05, 4.69) is 39.5 Å². The minimum atomic E-state index is -0.0288. The quantitative estimate of drug-likeness (QED) is 0.684. The van der Waals surface area contributed by atoms with Crippen LogP contribution in [0.25, 0.3) is 0 Å². The van der Waals surface area contributed by atoms with Gasteiger partial charge in [0.25, 0.3) is 0 Å². The molecule has 0 saturated carbocycles. The Morgan fingerprint density at radius 1 is 1.29 bits per heavy atom. The number of unbranched alkanes of at least 4 members (excludes halogenated alkanes) is 1. The maximum atomic E-state index is 9.52. The predicted molar refractivity (Wildman–Crippen MR) is 62.5 cm³/mol. The monoisotopic (exact) mass is 201 g/mol. The fourth-order valence-electron chi connectivity index (χ4n) is 2.24. The molecule has 0 rings (SSSR count). The zero-order valence-corrected chi connectivity index (χ0v) is 10.5. The summed E-state index contributed by atoms with van der Waals surface area (Å²) in [5.74, 6) is 0. The van der Waals surface area contributed by atoms with Gasteiger partial charge in [-0.3, -0.25) is 4.90 Å². The third-order valence-corrected chi connectivity index (χ3v) is 3.07. The summed E-state index contributed by atoms with van der Waals surface area (Å²) in [6, 6.07) is 0.508. The highest BCUT2D eigenvalue weighted by molar-refractivity contribution is 4.86. The number of nitrogens with zero attached hydrogens (tertiary/aromatic N) is 1. The molecule has 0 saturated heterocycles. The van der Waals surface area contributed by atoms with Crippen molar-refractivity contribution in [3.05, 3.63) is 0 Å². The molecule has 1 unspecified atom stereocenters. The highest BCUT2D eigenvalue weighted by Crippen LogP contribution is 2.23. The van der Waals surface area contributed by atoms with Crippen LogP contribution in [-0.4, -0.2) is 34.7 Å². The Bertz CT molecular complexity index is 147. The molecule has 0 amide bonds. The molecule has 0 bridgehead atoms. The van der Waals surface area contributed by atoms with Crippen molar-refractivity contribution in [2.24, 2.45) is 0 Å². The van der Waals surface area contributed by atoms with E-state index < -0.39 is 0 Å². The SMILES string of the molecule is CCCCC(C)(CO)N(CC)C(C)C. The summed E-state index contributed by atoms with van der Waals surface area (Å²) in [7, 11) is 0. The molecule has 86 valence electrons. The van der Waals surface area contributed by atoms with E-state index in [1.807, 2.05) is 0 Å². The van der Waals surface area contributed by atoms with Crippen LogP contribution in [0.2, 0.25) is 0 Å². The van der Waals surface area contributed by atoms with Crippen molar-refractivity contribution in [1.29, 1.82) is 0 Å². The van der Waals surface area contributed by atoms with Crippen molar-refractivity contribution < 1.29 is 5.11 Å². The number of aliphatic hydroxyl groups is 1. The first-order valence-electron chi connectivity index (χ1n) is 5.89. The van der Waals surface area contributed by atoms with Gasteiger partial charge in [-0.1, -0.05) is 26.7 Å². The molecule has 0 aromatic rings. The van der Waals surface area contributed by atoms with Crippen LogP contribution < -0.4 is 0 Å². The molecule has 1 atom stereocenters. The van der Waals surface area contributed by atoms with Gasteiger partial charge in [-0.25, -0.2) is 0 Å². The number of aliphatic hydroxyl groups excluding tert-OH is 1. The average molecular weight is 201 g/mol. The highest BCUT2D eigenvalue weighted by Gasteiger charge is 2.30. The molecular formula is C12H27NO. The highest BCUT2D eigenvalue weighted by atomic mass is 16.3. The second-order valence-electron chi connectivity index (χ2n) is 4.64. The van der Waals surface area contributed by atoms with Gasteiger partial charge in [0.2, 0.25) is 0 Å². The number of hydrogen-bond donors (Lipinski definition) is 1. The van der Waals surface area contributed by atoms with E-state index in [1.54, 1.807) is 0 Å². The third kappa shape index (κ3) is 3.58. The molecular weight excluding hydrogens is 174 g/mol. The van der Waals surface area contributed by atoms with Gasteiger partial charge in [0.1, 0.15) is 0 Å². The molecule has 0 heterocycles. The summed E-state index contributed by atoms with van der Waals surface area (Å²) in [5.41, 5.74) is -0.0288. The summed E-state index contributed by atoms with van der Waals surface area (Å²) in [5, 5.41) is 9.52. The van der Waals surface area contributed by atoms with E-state index >= 15 is 0 Å². The van der Waals surface area contributed by atoms with E-state index in [4.69, 9.17) is 0 Å². The van der Waals surface area contributed by atoms with Crippen molar-refractivity contribution >= 4 is 0 Å². The fourth-order valence-corrected chi connectivity index (χ4v) is 2.24. The van der Waals surface area contributed by atoms with Gasteiger partial charge in [-0.15, -0.1) is 0 Å². The summed E-state index contributed by atoms with van der Waals surface area (Å²) >= 11 is 0. The maximum Gasteiger partial charge on any atom is 0.0612 e. The average Bonchev–Trinajstić information content (AvgIpc) is 2.15. The van der Waals surface area contributed by atoms with Gasteiger partial charge in [0, 0.05) is 11.6 Å². The number of likely N-dealkylation sites (N-methyl/N-ethyl adjacent to an activating group) is 1. The van der Waals surface area contributed by atoms with Crippen LogP contribution >= 0.6 is 0 Å². The first kappa shape index (κ1) is 13.9. The van der Waals surface area contributed by atoms with E-state index in [0.29, 0.717) is 6.04 Å². The Morgan fingerprint density at radius 2 is 1.86 bits per heavy atom. The molecule has 0 aromatic carbocycles. The van der Waals surface area contributed by atoms with Crippen molar-refractivity contribution in [3.8, 4) is 0 Å². The lowest BCUT2D eigenvalue weighted by Gasteiger charge is -2.42. The van der Waals surface area contributed by atoms with Crippen LogP contribution in [-0.2, 0) is 0 Å². The zero-order chi connectivity index (χ0) is 11.2. The van der Waals surface area contributed by atoms with Crippen molar-refractivity contribution in [1.82, 2.24) is 4.90 Å². The Kier molecular flexibility index (Phi) is 6.38.